The average molecular weight is 1070 g/mol. The first-order valence-corrected chi connectivity index (χ1v) is 24.3. The number of aromatic hydroxyl groups is 1. The van der Waals surface area contributed by atoms with Crippen molar-refractivity contribution in [3.63, 3.8) is 0 Å². The number of fused-ring (bicyclic) bond motifs is 2. The van der Waals surface area contributed by atoms with E-state index in [0.717, 1.165) is 29.7 Å². The number of nitrogens with one attached hydrogen (secondary N) is 3. The molecular weight excluding hydrogens is 1050 g/mol. The Morgan fingerprint density at radius 2 is 1.32 bits per heavy atom. The number of hydrogen-bond donors (Lipinski definition) is 4. The standard InChI is InChI=1S/C34H27FN8O16S5.4Na/c1-2-60(46,47)12-11-36-31(45)17-5-3-6-19(13-17)37-33-39-32(35)40-34(41-33)38-24-16-20(61(48,49)50)14-18-15-26(63(54,55)56)28(29(44)27(18)24)43-42-23-10-9-21-22(30(23)64(57,58)59)7-4-8-25(21)62(51,52)53;;;;/h2-10,13-16,44H,1,11-12H2,(H,36,45)(H,48,49,50)(H,51,52,53)(H,54,55,56)(H,57,58,59)(H2,37,38,39,40,41);;;;/q;4*+1/p-4. The van der Waals surface area contributed by atoms with Gasteiger partial charge < -0.3 is 39.3 Å². The molecule has 0 spiro atoms. The van der Waals surface area contributed by atoms with Crippen molar-refractivity contribution < 1.29 is 193 Å². The number of hydrogen-bond acceptors (Lipinski definition) is 23. The fraction of sp³-hybridized carbons (Fsp3) is 0.0588. The molecule has 68 heavy (non-hydrogen) atoms. The van der Waals surface area contributed by atoms with Crippen LogP contribution in [-0.2, 0) is 50.3 Å². The van der Waals surface area contributed by atoms with Crippen LogP contribution in [0.5, 0.6) is 5.75 Å². The molecule has 34 heteroatoms. The maximum Gasteiger partial charge on any atom is 1.00 e. The summed E-state index contributed by atoms with van der Waals surface area (Å²) < 4.78 is 185. The minimum Gasteiger partial charge on any atom is -0.744 e. The number of phenolic OH excluding ortho intramolecular Hbond substituents is 1. The molecule has 24 nitrogen and oxygen atoms in total. The molecule has 6 aromatic rings. The van der Waals surface area contributed by atoms with Crippen LogP contribution < -0.4 is 134 Å². The SMILES string of the molecule is C=CS(=O)(=O)CCNC(=O)c1cccc(Nc2nc(F)nc(Nc3cc(S(=O)(=O)[O-])cc4cc(S(=O)(=O)[O-])c(N=Nc5ccc6c(S(=O)(=O)[O-])cccc6c5S(=O)(=O)[O-])c(O)c34)n2)c1.[Na+].[Na+].[Na+].[Na+]. The molecule has 1 heterocycles. The van der Waals surface area contributed by atoms with Gasteiger partial charge in [0, 0.05) is 39.4 Å². The Labute approximate surface area is 474 Å². The average Bonchev–Trinajstić information content (AvgIpc) is 3.18. The summed E-state index contributed by atoms with van der Waals surface area (Å²) in [6, 6.07) is 11.1. The van der Waals surface area contributed by atoms with Crippen LogP contribution in [0.15, 0.2) is 115 Å². The molecule has 0 bridgehead atoms. The van der Waals surface area contributed by atoms with Crippen LogP contribution in [0.4, 0.5) is 39.0 Å². The number of azo groups is 1. The van der Waals surface area contributed by atoms with Crippen molar-refractivity contribution in [2.45, 2.75) is 19.6 Å². The summed E-state index contributed by atoms with van der Waals surface area (Å²) in [5, 5.41) is 24.1. The topological polar surface area (TPSA) is 400 Å². The number of carbonyl (C=O) groups is 1. The molecule has 5 aromatic carbocycles. The number of benzene rings is 5. The molecule has 0 aliphatic heterocycles. The summed E-state index contributed by atoms with van der Waals surface area (Å²) in [5.41, 5.74) is -2.85. The van der Waals surface area contributed by atoms with Crippen molar-refractivity contribution in [3.05, 3.63) is 96.4 Å². The van der Waals surface area contributed by atoms with E-state index in [1.54, 1.807) is 0 Å². The number of sulfone groups is 1. The Balaban J connectivity index is 0.00000397. The summed E-state index contributed by atoms with van der Waals surface area (Å²) in [5.74, 6) is -3.87. The Hall–Kier alpha value is -2.64. The van der Waals surface area contributed by atoms with Gasteiger partial charge in [0.25, 0.3) is 5.91 Å². The summed E-state index contributed by atoms with van der Waals surface area (Å²) in [7, 11) is -25.7. The van der Waals surface area contributed by atoms with Gasteiger partial charge in [-0.25, -0.2) is 42.1 Å². The van der Waals surface area contributed by atoms with E-state index in [0.29, 0.717) is 24.3 Å². The largest absolute Gasteiger partial charge is 1.00 e. The Morgan fingerprint density at radius 1 is 0.706 bits per heavy atom. The Morgan fingerprint density at radius 3 is 1.91 bits per heavy atom. The molecule has 0 radical (unpaired) electrons. The number of carbonyl (C=O) groups excluding carboxylic acids is 1. The molecule has 6 rings (SSSR count). The second-order valence-corrected chi connectivity index (χ2v) is 20.3. The summed E-state index contributed by atoms with van der Waals surface area (Å²) in [6.07, 6.45) is -1.51. The summed E-state index contributed by atoms with van der Waals surface area (Å²) in [6.45, 7) is 2.91. The molecule has 0 fully saturated rings. The van der Waals surface area contributed by atoms with E-state index >= 15 is 0 Å². The number of amides is 1. The normalized spacial score (nSPS) is 12.0. The van der Waals surface area contributed by atoms with Crippen LogP contribution in [0.25, 0.3) is 21.5 Å². The van der Waals surface area contributed by atoms with Gasteiger partial charge in [0.2, 0.25) is 11.9 Å². The predicted molar refractivity (Wildman–Crippen MR) is 215 cm³/mol. The molecule has 336 valence electrons. The minimum atomic E-state index is -5.77. The third-order valence-corrected chi connectivity index (χ3v) is 13.3. The van der Waals surface area contributed by atoms with Crippen molar-refractivity contribution in [2.24, 2.45) is 10.2 Å². The minimum absolute atomic E-state index is 0. The van der Waals surface area contributed by atoms with E-state index in [-0.39, 0.29) is 136 Å². The zero-order chi connectivity index (χ0) is 47.2. The Bertz CT molecular complexity index is 3600. The first-order chi connectivity index (χ1) is 29.7. The molecule has 0 aliphatic rings. The van der Waals surface area contributed by atoms with E-state index in [4.69, 9.17) is 0 Å². The van der Waals surface area contributed by atoms with E-state index in [2.05, 4.69) is 47.7 Å². The van der Waals surface area contributed by atoms with Gasteiger partial charge in [-0.15, -0.1) is 10.2 Å². The van der Waals surface area contributed by atoms with Crippen LogP contribution in [-0.4, -0.2) is 98.6 Å². The van der Waals surface area contributed by atoms with Crippen LogP contribution in [0.3, 0.4) is 0 Å². The second-order valence-electron chi connectivity index (χ2n) is 12.8. The maximum atomic E-state index is 14.9. The zero-order valence-electron chi connectivity index (χ0n) is 35.4. The van der Waals surface area contributed by atoms with E-state index in [9.17, 15) is 74.6 Å². The maximum absolute atomic E-state index is 14.9. The monoisotopic (exact) mass is 1070 g/mol. The van der Waals surface area contributed by atoms with Gasteiger partial charge >= 0.3 is 124 Å². The van der Waals surface area contributed by atoms with Gasteiger partial charge in [0.1, 0.15) is 51.8 Å². The Kier molecular flexibility index (Phi) is 21.4. The predicted octanol–water partition coefficient (Wildman–Crippen LogP) is -9.15. The number of phenols is 1. The number of anilines is 4. The van der Waals surface area contributed by atoms with E-state index in [1.165, 1.54) is 24.3 Å². The van der Waals surface area contributed by atoms with Crippen molar-refractivity contribution in [1.82, 2.24) is 20.3 Å². The molecule has 0 unspecified atom stereocenters. The molecule has 1 aromatic heterocycles. The molecule has 1 amide bonds. The van der Waals surface area contributed by atoms with Crippen LogP contribution in [0.2, 0.25) is 0 Å². The first kappa shape index (κ1) is 61.5. The summed E-state index contributed by atoms with van der Waals surface area (Å²) >= 11 is 0. The van der Waals surface area contributed by atoms with Crippen molar-refractivity contribution in [2.75, 3.05) is 22.9 Å². The van der Waals surface area contributed by atoms with Crippen LogP contribution in [0.1, 0.15) is 10.4 Å². The van der Waals surface area contributed by atoms with Gasteiger partial charge in [-0.05, 0) is 53.9 Å². The van der Waals surface area contributed by atoms with Crippen molar-refractivity contribution >= 4 is 112 Å². The first-order valence-electron chi connectivity index (χ1n) is 17.0. The number of nitrogens with zero attached hydrogens (tertiary/aromatic N) is 5. The number of halogens is 1. The van der Waals surface area contributed by atoms with E-state index < -0.39 is 144 Å². The molecular formula is C34H23FN8Na4O16S5. The third-order valence-electron chi connectivity index (χ3n) is 8.57. The van der Waals surface area contributed by atoms with E-state index in [1.807, 2.05) is 0 Å². The molecule has 0 atom stereocenters. The quantitative estimate of drug-likeness (QED) is 0.0421. The fourth-order valence-electron chi connectivity index (χ4n) is 5.89. The molecule has 4 N–H and O–H groups in total. The van der Waals surface area contributed by atoms with Gasteiger partial charge in [-0.1, -0.05) is 30.8 Å². The summed E-state index contributed by atoms with van der Waals surface area (Å²) in [4.78, 5) is 18.7. The van der Waals surface area contributed by atoms with Crippen molar-refractivity contribution in [1.29, 1.82) is 0 Å². The van der Waals surface area contributed by atoms with Crippen LogP contribution in [0, 0.1) is 6.08 Å². The van der Waals surface area contributed by atoms with Gasteiger partial charge in [-0.3, -0.25) is 4.79 Å². The molecule has 0 saturated carbocycles. The zero-order valence-corrected chi connectivity index (χ0v) is 47.4. The number of aromatic nitrogens is 3. The molecule has 0 saturated heterocycles. The van der Waals surface area contributed by atoms with Gasteiger partial charge in [0.15, 0.2) is 15.6 Å². The van der Waals surface area contributed by atoms with Crippen molar-refractivity contribution in [3.8, 4) is 5.75 Å². The smallest absolute Gasteiger partial charge is 0.744 e. The van der Waals surface area contributed by atoms with Gasteiger partial charge in [0.05, 0.1) is 31.0 Å². The number of rotatable bonds is 15. The van der Waals surface area contributed by atoms with Crippen LogP contribution >= 0.6 is 0 Å². The second kappa shape index (κ2) is 23.7. The molecule has 0 aliphatic carbocycles. The third kappa shape index (κ3) is 14.7. The fourth-order valence-corrected chi connectivity index (χ4v) is 9.12. The van der Waals surface area contributed by atoms with Gasteiger partial charge in [-0.2, -0.15) is 19.3 Å².